The molecule has 0 saturated carbocycles. The van der Waals surface area contributed by atoms with Gasteiger partial charge in [0.1, 0.15) is 17.6 Å². The van der Waals surface area contributed by atoms with Crippen LogP contribution in [-0.4, -0.2) is 47.6 Å². The zero-order valence-electron chi connectivity index (χ0n) is 24.4. The Morgan fingerprint density at radius 3 is 2.58 bits per heavy atom. The van der Waals surface area contributed by atoms with E-state index in [0.29, 0.717) is 11.3 Å². The molecule has 2 saturated heterocycles. The van der Waals surface area contributed by atoms with Crippen molar-refractivity contribution >= 4 is 28.9 Å². The fourth-order valence-corrected chi connectivity index (χ4v) is 6.69. The van der Waals surface area contributed by atoms with Crippen LogP contribution in [-0.2, 0) is 25.4 Å². The van der Waals surface area contributed by atoms with E-state index in [2.05, 4.69) is 6.92 Å². The molecule has 1 amide bonds. The number of rotatable bonds is 14. The predicted molar refractivity (Wildman–Crippen MR) is 158 cm³/mol. The first kappa shape index (κ1) is 30.7. The number of aryl methyl sites for hydroxylation is 1. The summed E-state index contributed by atoms with van der Waals surface area (Å²) < 4.78 is 17.3. The average molecular weight is 572 g/mol. The lowest BCUT2D eigenvalue weighted by Gasteiger charge is -2.25. The van der Waals surface area contributed by atoms with Crippen molar-refractivity contribution in [3.8, 4) is 0 Å². The highest BCUT2D eigenvalue weighted by atomic mass is 32.1. The fraction of sp³-hybridized carbons (Fsp3) is 0.625. The molecule has 1 aromatic heterocycles. The third-order valence-corrected chi connectivity index (χ3v) is 8.98. The second-order valence-corrected chi connectivity index (χ2v) is 12.6. The van der Waals surface area contributed by atoms with Gasteiger partial charge < -0.3 is 24.2 Å². The summed E-state index contributed by atoms with van der Waals surface area (Å²) in [6, 6.07) is 11.8. The predicted octanol–water partition coefficient (Wildman–Crippen LogP) is 6.97. The summed E-state index contributed by atoms with van der Waals surface area (Å²) >= 11 is 1.47. The minimum Gasteiger partial charge on any atom is -0.459 e. The van der Waals surface area contributed by atoms with E-state index in [1.165, 1.54) is 11.3 Å². The van der Waals surface area contributed by atoms with Crippen LogP contribution in [0.3, 0.4) is 0 Å². The molecule has 3 heterocycles. The highest BCUT2D eigenvalue weighted by Crippen LogP contribution is 2.32. The molecule has 1 aromatic carbocycles. The Labute approximate surface area is 242 Å². The van der Waals surface area contributed by atoms with Crippen LogP contribution < -0.4 is 4.90 Å². The lowest BCUT2D eigenvalue weighted by atomic mass is 10.0. The van der Waals surface area contributed by atoms with Gasteiger partial charge in [0.25, 0.3) is 0 Å². The van der Waals surface area contributed by atoms with E-state index in [-0.39, 0.29) is 36.7 Å². The van der Waals surface area contributed by atoms with Gasteiger partial charge in [0.15, 0.2) is 5.79 Å². The minimum atomic E-state index is -0.660. The molecular weight excluding hydrogens is 526 g/mol. The largest absolute Gasteiger partial charge is 0.459 e. The number of anilines is 1. The van der Waals surface area contributed by atoms with Gasteiger partial charge >= 0.3 is 5.97 Å². The zero-order valence-corrected chi connectivity index (χ0v) is 25.2. The maximum atomic E-state index is 12.7. The molecule has 7 nitrogen and oxygen atoms in total. The van der Waals surface area contributed by atoms with Crippen LogP contribution in [0.15, 0.2) is 36.4 Å². The second kappa shape index (κ2) is 14.1. The maximum Gasteiger partial charge on any atom is 0.348 e. The van der Waals surface area contributed by atoms with Crippen LogP contribution in [0.4, 0.5) is 5.69 Å². The van der Waals surface area contributed by atoms with Gasteiger partial charge in [-0.15, -0.1) is 11.3 Å². The molecule has 0 spiro atoms. The molecule has 2 fully saturated rings. The van der Waals surface area contributed by atoms with Crippen LogP contribution in [0, 0.1) is 0 Å². The number of esters is 1. The number of benzene rings is 1. The summed E-state index contributed by atoms with van der Waals surface area (Å²) in [7, 11) is 0. The van der Waals surface area contributed by atoms with Crippen molar-refractivity contribution in [3.63, 3.8) is 0 Å². The number of aliphatic hydroxyl groups is 1. The quantitative estimate of drug-likeness (QED) is 0.195. The molecule has 0 aliphatic carbocycles. The molecule has 4 atom stereocenters. The molecule has 8 heteroatoms. The first-order chi connectivity index (χ1) is 19.2. The Morgan fingerprint density at radius 2 is 1.85 bits per heavy atom. The number of nitrogens with zero attached hydrogens (tertiary/aromatic N) is 1. The number of carbonyl (C=O) groups excluding carboxylic acids is 2. The van der Waals surface area contributed by atoms with Gasteiger partial charge in [-0.25, -0.2) is 4.79 Å². The average Bonchev–Trinajstić information content (AvgIpc) is 3.64. The lowest BCUT2D eigenvalue weighted by Crippen LogP contribution is -2.32. The molecule has 2 aliphatic heterocycles. The third-order valence-electron chi connectivity index (χ3n) is 7.85. The molecule has 1 N–H and O–H groups in total. The highest BCUT2D eigenvalue weighted by Gasteiger charge is 2.41. The number of unbranched alkanes of at least 4 members (excludes halogenated alkanes) is 2. The van der Waals surface area contributed by atoms with E-state index >= 15 is 0 Å². The van der Waals surface area contributed by atoms with Gasteiger partial charge in [0, 0.05) is 23.0 Å². The van der Waals surface area contributed by atoms with E-state index in [0.717, 1.165) is 73.9 Å². The monoisotopic (exact) mass is 571 g/mol. The first-order valence-electron chi connectivity index (χ1n) is 14.9. The molecule has 0 unspecified atom stereocenters. The van der Waals surface area contributed by atoms with Gasteiger partial charge in [-0.1, -0.05) is 45.2 Å². The third kappa shape index (κ3) is 7.93. The summed E-state index contributed by atoms with van der Waals surface area (Å²) in [6.07, 6.45) is 8.14. The summed E-state index contributed by atoms with van der Waals surface area (Å²) in [5, 5.41) is 10.5. The molecule has 2 aromatic rings. The molecule has 0 radical (unpaired) electrons. The molecule has 220 valence electrons. The Bertz CT molecular complexity index is 1110. The van der Waals surface area contributed by atoms with Gasteiger partial charge in [-0.05, 0) is 82.2 Å². The van der Waals surface area contributed by atoms with E-state index < -0.39 is 11.9 Å². The Hall–Kier alpha value is -2.26. The summed E-state index contributed by atoms with van der Waals surface area (Å²) in [5.41, 5.74) is 1.82. The smallest absolute Gasteiger partial charge is 0.348 e. The first-order valence-corrected chi connectivity index (χ1v) is 15.7. The SMILES string of the molecule is CCCCC[C@H](O)c1ccc(N2C(=O)CC[C@@H]2CCCc2ccc(C(=O)OC[C@H]3OC(C)(C)O[C@@H]3CC)s2)cc1. The van der Waals surface area contributed by atoms with E-state index in [4.69, 9.17) is 14.2 Å². The van der Waals surface area contributed by atoms with Gasteiger partial charge in [0.2, 0.25) is 5.91 Å². The summed E-state index contributed by atoms with van der Waals surface area (Å²) in [6.45, 7) is 8.12. The van der Waals surface area contributed by atoms with E-state index in [9.17, 15) is 14.7 Å². The van der Waals surface area contributed by atoms with Crippen molar-refractivity contribution in [2.75, 3.05) is 11.5 Å². The van der Waals surface area contributed by atoms with Crippen molar-refractivity contribution in [2.45, 2.75) is 122 Å². The van der Waals surface area contributed by atoms with E-state index in [1.807, 2.05) is 62.1 Å². The number of aliphatic hydroxyl groups excluding tert-OH is 1. The number of amides is 1. The minimum absolute atomic E-state index is 0.0798. The van der Waals surface area contributed by atoms with Crippen LogP contribution in [0.25, 0.3) is 0 Å². The van der Waals surface area contributed by atoms with Crippen LogP contribution in [0.1, 0.15) is 112 Å². The second-order valence-electron chi connectivity index (χ2n) is 11.4. The number of hydrogen-bond donors (Lipinski definition) is 1. The van der Waals surface area contributed by atoms with Crippen molar-refractivity contribution in [2.24, 2.45) is 0 Å². The maximum absolute atomic E-state index is 12.7. The normalized spacial score (nSPS) is 23.1. The zero-order chi connectivity index (χ0) is 28.7. The number of hydrogen-bond acceptors (Lipinski definition) is 7. The van der Waals surface area contributed by atoms with Gasteiger partial charge in [-0.2, -0.15) is 0 Å². The number of ether oxygens (including phenoxy) is 3. The van der Waals surface area contributed by atoms with Crippen molar-refractivity contribution in [1.82, 2.24) is 0 Å². The fourth-order valence-electron chi connectivity index (χ4n) is 5.74. The van der Waals surface area contributed by atoms with Gasteiger partial charge in [0.05, 0.1) is 12.2 Å². The lowest BCUT2D eigenvalue weighted by molar-refractivity contribution is -0.149. The Balaban J connectivity index is 1.25. The van der Waals surface area contributed by atoms with Gasteiger partial charge in [-0.3, -0.25) is 4.79 Å². The van der Waals surface area contributed by atoms with Crippen LogP contribution >= 0.6 is 11.3 Å². The Kier molecular flexibility index (Phi) is 10.8. The molecule has 40 heavy (non-hydrogen) atoms. The molecular formula is C32H45NO6S. The molecule has 0 bridgehead atoms. The molecule has 2 aliphatic rings. The van der Waals surface area contributed by atoms with Crippen LogP contribution in [0.5, 0.6) is 0 Å². The van der Waals surface area contributed by atoms with Crippen molar-refractivity contribution in [3.05, 3.63) is 51.7 Å². The number of thiophene rings is 1. The highest BCUT2D eigenvalue weighted by molar-refractivity contribution is 7.13. The van der Waals surface area contributed by atoms with Crippen molar-refractivity contribution < 1.29 is 28.9 Å². The number of carbonyl (C=O) groups is 2. The van der Waals surface area contributed by atoms with Crippen LogP contribution in [0.2, 0.25) is 0 Å². The summed E-state index contributed by atoms with van der Waals surface area (Å²) in [5.74, 6) is -0.827. The topological polar surface area (TPSA) is 85.3 Å². The Morgan fingerprint density at radius 1 is 1.10 bits per heavy atom. The standard InChI is InChI=1S/C32H45NO6S/c1-5-7-8-12-26(34)22-13-15-24(16-14-22)33-23(17-20-30(33)35)10-9-11-25-18-19-29(40-25)31(36)37-21-28-27(6-2)38-32(3,4)39-28/h13-16,18-19,23,26-28,34H,5-12,17,20-21H2,1-4H3/t23-,26-,27+,28+/m0/s1. The van der Waals surface area contributed by atoms with E-state index in [1.54, 1.807) is 0 Å². The van der Waals surface area contributed by atoms with Crippen molar-refractivity contribution in [1.29, 1.82) is 0 Å². The molecule has 4 rings (SSSR count). The summed E-state index contributed by atoms with van der Waals surface area (Å²) in [4.78, 5) is 29.1.